The van der Waals surface area contributed by atoms with E-state index in [0.717, 1.165) is 5.69 Å². The fourth-order valence-corrected chi connectivity index (χ4v) is 2.27. The molecule has 1 atom stereocenters. The monoisotopic (exact) mass is 249 g/mol. The van der Waals surface area contributed by atoms with Gasteiger partial charge in [-0.2, -0.15) is 0 Å². The van der Waals surface area contributed by atoms with Crippen LogP contribution < -0.4 is 5.73 Å². The molecule has 1 aromatic heterocycles. The normalized spacial score (nSPS) is 12.6. The lowest BCUT2D eigenvalue weighted by molar-refractivity contribution is 0.499. The molecule has 1 rings (SSSR count). The summed E-state index contributed by atoms with van der Waals surface area (Å²) in [6.45, 7) is 4.49. The van der Waals surface area contributed by atoms with Gasteiger partial charge in [-0.3, -0.25) is 4.98 Å². The summed E-state index contributed by atoms with van der Waals surface area (Å²) in [5.41, 5.74) is 6.71. The molecule has 3 nitrogen and oxygen atoms in total. The van der Waals surface area contributed by atoms with Crippen molar-refractivity contribution in [2.75, 3.05) is 5.73 Å². The molecule has 0 saturated heterocycles. The zero-order chi connectivity index (χ0) is 13.2. The largest absolute Gasteiger partial charge is 0.382 e. The Kier molecular flexibility index (Phi) is 7.38. The zero-order valence-corrected chi connectivity index (χ0v) is 11.9. The zero-order valence-electron chi connectivity index (χ0n) is 11.9. The van der Waals surface area contributed by atoms with E-state index >= 15 is 0 Å². The van der Waals surface area contributed by atoms with Gasteiger partial charge in [0.1, 0.15) is 5.82 Å². The van der Waals surface area contributed by atoms with E-state index in [2.05, 4.69) is 23.8 Å². The minimum Gasteiger partial charge on any atom is -0.382 e. The van der Waals surface area contributed by atoms with Crippen LogP contribution in [-0.4, -0.2) is 9.97 Å². The van der Waals surface area contributed by atoms with Crippen molar-refractivity contribution in [2.45, 2.75) is 71.1 Å². The lowest BCUT2D eigenvalue weighted by atomic mass is 9.92. The van der Waals surface area contributed by atoms with Crippen molar-refractivity contribution in [3.8, 4) is 0 Å². The smallest absolute Gasteiger partial charge is 0.141 e. The summed E-state index contributed by atoms with van der Waals surface area (Å²) in [5, 5.41) is 0. The summed E-state index contributed by atoms with van der Waals surface area (Å²) in [7, 11) is 0. The summed E-state index contributed by atoms with van der Waals surface area (Å²) < 4.78 is 0. The van der Waals surface area contributed by atoms with Crippen molar-refractivity contribution in [3.05, 3.63) is 18.1 Å². The molecule has 0 aliphatic rings. The van der Waals surface area contributed by atoms with Crippen LogP contribution in [0, 0.1) is 0 Å². The molecule has 1 aromatic rings. The number of hydrogen-bond donors (Lipinski definition) is 1. The first-order valence-corrected chi connectivity index (χ1v) is 7.35. The highest BCUT2D eigenvalue weighted by Gasteiger charge is 2.12. The number of nitrogen functional groups attached to an aromatic ring is 1. The molecule has 0 amide bonds. The quantitative estimate of drug-likeness (QED) is 0.664. The van der Waals surface area contributed by atoms with Crippen molar-refractivity contribution in [1.82, 2.24) is 9.97 Å². The third kappa shape index (κ3) is 5.48. The van der Waals surface area contributed by atoms with Gasteiger partial charge in [0.2, 0.25) is 0 Å². The molecule has 0 spiro atoms. The minimum absolute atomic E-state index is 0.513. The first-order chi connectivity index (χ1) is 8.77. The Balaban J connectivity index is 2.51. The van der Waals surface area contributed by atoms with E-state index in [0.29, 0.717) is 11.7 Å². The molecule has 1 heterocycles. The average Bonchev–Trinajstić information content (AvgIpc) is 2.39. The maximum atomic E-state index is 5.59. The van der Waals surface area contributed by atoms with Gasteiger partial charge in [0.05, 0.1) is 18.1 Å². The number of aromatic nitrogens is 2. The fourth-order valence-electron chi connectivity index (χ4n) is 2.27. The van der Waals surface area contributed by atoms with Crippen molar-refractivity contribution in [2.24, 2.45) is 0 Å². The summed E-state index contributed by atoms with van der Waals surface area (Å²) in [6, 6.07) is 0. The van der Waals surface area contributed by atoms with Crippen LogP contribution in [0.3, 0.4) is 0 Å². The third-order valence-electron chi connectivity index (χ3n) is 3.42. The molecule has 0 aliphatic carbocycles. The first-order valence-electron chi connectivity index (χ1n) is 7.35. The second-order valence-electron chi connectivity index (χ2n) is 5.05. The van der Waals surface area contributed by atoms with Gasteiger partial charge in [-0.05, 0) is 12.8 Å². The van der Waals surface area contributed by atoms with Gasteiger partial charge in [-0.15, -0.1) is 0 Å². The van der Waals surface area contributed by atoms with E-state index in [1.165, 1.54) is 51.4 Å². The van der Waals surface area contributed by atoms with E-state index in [1.807, 2.05) is 6.20 Å². The predicted molar refractivity (Wildman–Crippen MR) is 77.5 cm³/mol. The van der Waals surface area contributed by atoms with Crippen LogP contribution >= 0.6 is 0 Å². The van der Waals surface area contributed by atoms with E-state index in [1.54, 1.807) is 6.20 Å². The summed E-state index contributed by atoms with van der Waals surface area (Å²) in [5.74, 6) is 1.08. The van der Waals surface area contributed by atoms with Crippen LogP contribution in [0.5, 0.6) is 0 Å². The van der Waals surface area contributed by atoms with E-state index in [-0.39, 0.29) is 0 Å². The number of anilines is 1. The van der Waals surface area contributed by atoms with Gasteiger partial charge < -0.3 is 5.73 Å². The molecule has 0 aromatic carbocycles. The standard InChI is InChI=1S/C15H27N3/c1-3-5-7-8-10-13(9-6-4-2)14-11-18-15(16)12-17-14/h11-13H,3-10H2,1-2H3,(H2,16,18). The number of unbranched alkanes of at least 4 members (excludes halogenated alkanes) is 4. The summed E-state index contributed by atoms with van der Waals surface area (Å²) >= 11 is 0. The molecule has 0 aliphatic heterocycles. The van der Waals surface area contributed by atoms with Gasteiger partial charge in [0, 0.05) is 5.92 Å². The van der Waals surface area contributed by atoms with Gasteiger partial charge in [-0.1, -0.05) is 52.4 Å². The molecular weight excluding hydrogens is 222 g/mol. The van der Waals surface area contributed by atoms with Gasteiger partial charge >= 0.3 is 0 Å². The van der Waals surface area contributed by atoms with E-state index in [4.69, 9.17) is 5.73 Å². The van der Waals surface area contributed by atoms with E-state index in [9.17, 15) is 0 Å². The number of nitrogens with zero attached hydrogens (tertiary/aromatic N) is 2. The maximum absolute atomic E-state index is 5.59. The lowest BCUT2D eigenvalue weighted by Gasteiger charge is -2.15. The molecule has 2 N–H and O–H groups in total. The van der Waals surface area contributed by atoms with Crippen LogP contribution in [0.15, 0.2) is 12.4 Å². The first kappa shape index (κ1) is 14.9. The Morgan fingerprint density at radius 3 is 2.28 bits per heavy atom. The highest BCUT2D eigenvalue weighted by molar-refractivity contribution is 5.23. The van der Waals surface area contributed by atoms with E-state index < -0.39 is 0 Å². The van der Waals surface area contributed by atoms with Gasteiger partial charge in [0.15, 0.2) is 0 Å². The van der Waals surface area contributed by atoms with Crippen molar-refractivity contribution in [1.29, 1.82) is 0 Å². The number of rotatable bonds is 9. The minimum atomic E-state index is 0.513. The molecule has 0 saturated carbocycles. The molecule has 0 bridgehead atoms. The molecule has 0 radical (unpaired) electrons. The maximum Gasteiger partial charge on any atom is 0.141 e. The van der Waals surface area contributed by atoms with Crippen molar-refractivity contribution >= 4 is 5.82 Å². The van der Waals surface area contributed by atoms with Crippen LogP contribution in [0.25, 0.3) is 0 Å². The van der Waals surface area contributed by atoms with Crippen molar-refractivity contribution in [3.63, 3.8) is 0 Å². The third-order valence-corrected chi connectivity index (χ3v) is 3.42. The Labute approximate surface area is 111 Å². The van der Waals surface area contributed by atoms with Gasteiger partial charge in [0.25, 0.3) is 0 Å². The topological polar surface area (TPSA) is 51.8 Å². The van der Waals surface area contributed by atoms with Crippen LogP contribution in [0.4, 0.5) is 5.82 Å². The second-order valence-corrected chi connectivity index (χ2v) is 5.05. The summed E-state index contributed by atoms with van der Waals surface area (Å²) in [4.78, 5) is 8.61. The lowest BCUT2D eigenvalue weighted by Crippen LogP contribution is -2.04. The predicted octanol–water partition coefficient (Wildman–Crippen LogP) is 4.30. The van der Waals surface area contributed by atoms with Crippen LogP contribution in [0.1, 0.15) is 76.8 Å². The highest BCUT2D eigenvalue weighted by atomic mass is 14.9. The Morgan fingerprint density at radius 1 is 0.944 bits per heavy atom. The molecular formula is C15H27N3. The Morgan fingerprint density at radius 2 is 1.67 bits per heavy atom. The summed E-state index contributed by atoms with van der Waals surface area (Å²) in [6.07, 6.45) is 13.8. The van der Waals surface area contributed by atoms with Crippen LogP contribution in [-0.2, 0) is 0 Å². The SMILES string of the molecule is CCCCCCC(CCCC)c1cnc(N)cn1. The van der Waals surface area contributed by atoms with Crippen molar-refractivity contribution < 1.29 is 0 Å². The molecule has 0 fully saturated rings. The van der Waals surface area contributed by atoms with Gasteiger partial charge in [-0.25, -0.2) is 4.98 Å². The highest BCUT2D eigenvalue weighted by Crippen LogP contribution is 2.26. The molecule has 1 unspecified atom stereocenters. The molecule has 18 heavy (non-hydrogen) atoms. The average molecular weight is 249 g/mol. The number of nitrogens with two attached hydrogens (primary N) is 1. The second kappa shape index (κ2) is 8.90. The molecule has 3 heteroatoms. The number of hydrogen-bond acceptors (Lipinski definition) is 3. The fraction of sp³-hybridized carbons (Fsp3) is 0.733. The Bertz CT molecular complexity index is 308. The Hall–Kier alpha value is -1.12. The molecule has 102 valence electrons. The van der Waals surface area contributed by atoms with Crippen LogP contribution in [0.2, 0.25) is 0 Å².